The van der Waals surface area contributed by atoms with Crippen molar-refractivity contribution in [2.45, 2.75) is 50.6 Å². The maximum Gasteiger partial charge on any atom is 0.251 e. The highest BCUT2D eigenvalue weighted by Crippen LogP contribution is 2.21. The molecule has 7 heteroatoms. The fourth-order valence-electron chi connectivity index (χ4n) is 4.34. The van der Waals surface area contributed by atoms with E-state index < -0.39 is 6.04 Å². The van der Waals surface area contributed by atoms with Gasteiger partial charge in [-0.1, -0.05) is 0 Å². The first kappa shape index (κ1) is 21.4. The van der Waals surface area contributed by atoms with Crippen molar-refractivity contribution in [1.29, 1.82) is 0 Å². The molecule has 0 radical (unpaired) electrons. The molecule has 166 valence electrons. The van der Waals surface area contributed by atoms with E-state index in [0.29, 0.717) is 24.6 Å². The topological polar surface area (TPSA) is 86.6 Å². The lowest BCUT2D eigenvalue weighted by molar-refractivity contribution is -0.122. The van der Waals surface area contributed by atoms with Crippen molar-refractivity contribution < 1.29 is 14.0 Å². The number of amides is 2. The fourth-order valence-corrected chi connectivity index (χ4v) is 4.34. The summed E-state index contributed by atoms with van der Waals surface area (Å²) in [6.45, 7) is 3.61. The second-order valence-corrected chi connectivity index (χ2v) is 8.40. The molecular formula is C24H32N4O3. The molecule has 2 aromatic rings. The molecule has 2 amide bonds. The highest BCUT2D eigenvalue weighted by atomic mass is 16.3. The van der Waals surface area contributed by atoms with Gasteiger partial charge in [0, 0.05) is 49.9 Å². The van der Waals surface area contributed by atoms with Crippen molar-refractivity contribution in [3.63, 3.8) is 0 Å². The van der Waals surface area contributed by atoms with E-state index >= 15 is 0 Å². The Kier molecular flexibility index (Phi) is 7.25. The number of benzene rings is 1. The van der Waals surface area contributed by atoms with Gasteiger partial charge in [0.25, 0.3) is 5.91 Å². The summed E-state index contributed by atoms with van der Waals surface area (Å²) in [5.74, 6) is 0.755. The molecule has 3 N–H and O–H groups in total. The van der Waals surface area contributed by atoms with Crippen LogP contribution in [-0.4, -0.2) is 50.1 Å². The maximum absolute atomic E-state index is 12.6. The number of rotatable bonds is 7. The maximum atomic E-state index is 12.6. The van der Waals surface area contributed by atoms with Crippen LogP contribution in [0.2, 0.25) is 0 Å². The van der Waals surface area contributed by atoms with Crippen molar-refractivity contribution >= 4 is 17.5 Å². The SMILES string of the molecule is O=C(N[C@H]1CCCCNC1=O)c1ccc(N2CCC(NCCc3ccco3)CC2)cc1. The molecule has 0 saturated carbocycles. The van der Waals surface area contributed by atoms with Gasteiger partial charge in [0.1, 0.15) is 11.8 Å². The Morgan fingerprint density at radius 2 is 1.90 bits per heavy atom. The summed E-state index contributed by atoms with van der Waals surface area (Å²) in [6.07, 6.45) is 7.42. The van der Waals surface area contributed by atoms with E-state index in [2.05, 4.69) is 20.9 Å². The molecule has 1 aromatic heterocycles. The number of piperidine rings is 1. The number of carbonyl (C=O) groups excluding carboxylic acids is 2. The van der Waals surface area contributed by atoms with Crippen LogP contribution in [0.5, 0.6) is 0 Å². The largest absolute Gasteiger partial charge is 0.469 e. The first-order chi connectivity index (χ1) is 15.2. The Morgan fingerprint density at radius 3 is 2.65 bits per heavy atom. The third-order valence-electron chi connectivity index (χ3n) is 6.21. The number of nitrogens with zero attached hydrogens (tertiary/aromatic N) is 1. The standard InChI is InChI=1S/C24H32N4O3/c29-23(27-22-5-1-2-13-26-24(22)30)18-6-8-20(9-7-18)28-15-11-19(12-16-28)25-14-10-21-4-3-17-31-21/h3-4,6-9,17,19,22,25H,1-2,5,10-16H2,(H,26,30)(H,27,29)/t22-/m0/s1. The third kappa shape index (κ3) is 5.88. The van der Waals surface area contributed by atoms with Crippen LogP contribution in [0.25, 0.3) is 0 Å². The molecule has 2 aliphatic rings. The lowest BCUT2D eigenvalue weighted by Crippen LogP contribution is -2.45. The van der Waals surface area contributed by atoms with Crippen LogP contribution in [0.3, 0.4) is 0 Å². The zero-order valence-corrected chi connectivity index (χ0v) is 17.9. The Hall–Kier alpha value is -2.80. The van der Waals surface area contributed by atoms with E-state index in [1.165, 1.54) is 0 Å². The Labute approximate surface area is 183 Å². The summed E-state index contributed by atoms with van der Waals surface area (Å²) in [5, 5.41) is 9.37. The Morgan fingerprint density at radius 1 is 1.10 bits per heavy atom. The van der Waals surface area contributed by atoms with Crippen LogP contribution in [0, 0.1) is 0 Å². The van der Waals surface area contributed by atoms with Crippen LogP contribution in [0.4, 0.5) is 5.69 Å². The second kappa shape index (κ2) is 10.5. The minimum Gasteiger partial charge on any atom is -0.469 e. The van der Waals surface area contributed by atoms with Crippen molar-refractivity contribution in [3.05, 3.63) is 54.0 Å². The number of nitrogens with one attached hydrogen (secondary N) is 3. The highest BCUT2D eigenvalue weighted by molar-refractivity contribution is 5.97. The van der Waals surface area contributed by atoms with Crippen molar-refractivity contribution in [2.75, 3.05) is 31.1 Å². The molecule has 0 unspecified atom stereocenters. The molecule has 31 heavy (non-hydrogen) atoms. The smallest absolute Gasteiger partial charge is 0.251 e. The first-order valence-corrected chi connectivity index (χ1v) is 11.4. The Bertz CT molecular complexity index is 842. The summed E-state index contributed by atoms with van der Waals surface area (Å²) in [4.78, 5) is 27.0. The highest BCUT2D eigenvalue weighted by Gasteiger charge is 2.23. The minimum atomic E-state index is -0.436. The molecule has 2 fully saturated rings. The van der Waals surface area contributed by atoms with Crippen molar-refractivity contribution in [2.24, 2.45) is 0 Å². The molecule has 3 heterocycles. The second-order valence-electron chi connectivity index (χ2n) is 8.40. The molecule has 0 spiro atoms. The van der Waals surface area contributed by atoms with Gasteiger partial charge in [0.15, 0.2) is 0 Å². The van der Waals surface area contributed by atoms with Crippen LogP contribution < -0.4 is 20.9 Å². The van der Waals surface area contributed by atoms with Crippen molar-refractivity contribution in [3.8, 4) is 0 Å². The molecule has 7 nitrogen and oxygen atoms in total. The Balaban J connectivity index is 1.23. The molecule has 4 rings (SSSR count). The zero-order chi connectivity index (χ0) is 21.5. The lowest BCUT2D eigenvalue weighted by atomic mass is 10.0. The van der Waals surface area contributed by atoms with Gasteiger partial charge in [-0.15, -0.1) is 0 Å². The molecule has 1 atom stereocenters. The molecule has 1 aromatic carbocycles. The number of carbonyl (C=O) groups is 2. The first-order valence-electron chi connectivity index (χ1n) is 11.4. The number of hydrogen-bond donors (Lipinski definition) is 3. The number of anilines is 1. The number of hydrogen-bond acceptors (Lipinski definition) is 5. The quantitative estimate of drug-likeness (QED) is 0.636. The number of furan rings is 1. The third-order valence-corrected chi connectivity index (χ3v) is 6.21. The van der Waals surface area contributed by atoms with Gasteiger partial charge in [-0.3, -0.25) is 9.59 Å². The van der Waals surface area contributed by atoms with Crippen molar-refractivity contribution in [1.82, 2.24) is 16.0 Å². The van der Waals surface area contributed by atoms with Gasteiger partial charge >= 0.3 is 0 Å². The molecule has 2 saturated heterocycles. The summed E-state index contributed by atoms with van der Waals surface area (Å²) < 4.78 is 5.38. The van der Waals surface area contributed by atoms with Crippen LogP contribution in [-0.2, 0) is 11.2 Å². The van der Waals surface area contributed by atoms with Gasteiger partial charge in [-0.2, -0.15) is 0 Å². The summed E-state index contributed by atoms with van der Waals surface area (Å²) >= 11 is 0. The van der Waals surface area contributed by atoms with E-state index in [1.54, 1.807) is 6.26 Å². The van der Waals surface area contributed by atoms with E-state index in [4.69, 9.17) is 4.42 Å². The van der Waals surface area contributed by atoms with Gasteiger partial charge < -0.3 is 25.3 Å². The average molecular weight is 425 g/mol. The van der Waals surface area contributed by atoms with Crippen LogP contribution >= 0.6 is 0 Å². The fraction of sp³-hybridized carbons (Fsp3) is 0.500. The molecular weight excluding hydrogens is 392 g/mol. The van der Waals surface area contributed by atoms with Crippen LogP contribution in [0.15, 0.2) is 47.1 Å². The predicted molar refractivity (Wildman–Crippen MR) is 120 cm³/mol. The van der Waals surface area contributed by atoms with Gasteiger partial charge in [-0.05, 0) is 68.5 Å². The average Bonchev–Trinajstić information content (AvgIpc) is 3.24. The summed E-state index contributed by atoms with van der Waals surface area (Å²) in [5.41, 5.74) is 1.73. The van der Waals surface area contributed by atoms with Gasteiger partial charge in [0.05, 0.1) is 6.26 Å². The molecule has 0 bridgehead atoms. The van der Waals surface area contributed by atoms with E-state index in [1.807, 2.05) is 36.4 Å². The lowest BCUT2D eigenvalue weighted by Gasteiger charge is -2.34. The van der Waals surface area contributed by atoms with Crippen LogP contribution in [0.1, 0.15) is 48.2 Å². The zero-order valence-electron chi connectivity index (χ0n) is 17.9. The predicted octanol–water partition coefficient (Wildman–Crippen LogP) is 2.48. The molecule has 0 aliphatic carbocycles. The monoisotopic (exact) mass is 424 g/mol. The van der Waals surface area contributed by atoms with Gasteiger partial charge in [-0.25, -0.2) is 0 Å². The van der Waals surface area contributed by atoms with E-state index in [0.717, 1.165) is 63.2 Å². The van der Waals surface area contributed by atoms with Gasteiger partial charge in [0.2, 0.25) is 5.91 Å². The summed E-state index contributed by atoms with van der Waals surface area (Å²) in [7, 11) is 0. The normalized spacial score (nSPS) is 20.2. The molecule has 2 aliphatic heterocycles. The minimum absolute atomic E-state index is 0.0805. The van der Waals surface area contributed by atoms with E-state index in [-0.39, 0.29) is 11.8 Å². The summed E-state index contributed by atoms with van der Waals surface area (Å²) in [6, 6.07) is 11.8. The van der Waals surface area contributed by atoms with E-state index in [9.17, 15) is 9.59 Å².